The number of amides is 1. The molecule has 1 N–H and O–H groups in total. The van der Waals surface area contributed by atoms with Crippen molar-refractivity contribution in [3.05, 3.63) is 95.5 Å². The molecule has 2 heterocycles. The lowest BCUT2D eigenvalue weighted by atomic mass is 9.95. The molecule has 146 valence electrons. The van der Waals surface area contributed by atoms with Crippen molar-refractivity contribution in [1.29, 1.82) is 0 Å². The first kappa shape index (κ1) is 18.6. The van der Waals surface area contributed by atoms with Crippen molar-refractivity contribution < 1.29 is 23.8 Å². The van der Waals surface area contributed by atoms with Crippen molar-refractivity contribution in [2.24, 2.45) is 0 Å². The Kier molecular flexibility index (Phi) is 4.91. The van der Waals surface area contributed by atoms with E-state index in [1.165, 1.54) is 11.2 Å². The van der Waals surface area contributed by atoms with Crippen molar-refractivity contribution in [1.82, 2.24) is 4.90 Å². The number of benzene rings is 2. The minimum atomic E-state index is -0.744. The molecule has 1 atom stereocenters. The number of furan rings is 1. The second-order valence-corrected chi connectivity index (χ2v) is 6.65. The van der Waals surface area contributed by atoms with Crippen LogP contribution >= 0.6 is 0 Å². The summed E-state index contributed by atoms with van der Waals surface area (Å²) in [6.45, 7) is 0.111. The van der Waals surface area contributed by atoms with Crippen LogP contribution in [0.5, 0.6) is 5.75 Å². The second kappa shape index (κ2) is 7.67. The summed E-state index contributed by atoms with van der Waals surface area (Å²) < 4.78 is 10.6. The van der Waals surface area contributed by atoms with E-state index in [0.29, 0.717) is 22.6 Å². The van der Waals surface area contributed by atoms with E-state index in [1.807, 2.05) is 6.07 Å². The highest BCUT2D eigenvalue weighted by molar-refractivity contribution is 6.46. The molecule has 29 heavy (non-hydrogen) atoms. The van der Waals surface area contributed by atoms with Gasteiger partial charge in [-0.2, -0.15) is 0 Å². The molecule has 2 aromatic carbocycles. The molecule has 0 radical (unpaired) electrons. The van der Waals surface area contributed by atoms with Crippen LogP contribution in [0.2, 0.25) is 0 Å². The van der Waals surface area contributed by atoms with Crippen molar-refractivity contribution in [2.45, 2.75) is 12.6 Å². The third kappa shape index (κ3) is 3.40. The van der Waals surface area contributed by atoms with Gasteiger partial charge in [-0.3, -0.25) is 9.59 Å². The summed E-state index contributed by atoms with van der Waals surface area (Å²) in [5.74, 6) is -0.407. The summed E-state index contributed by atoms with van der Waals surface area (Å²) in [5.41, 5.74) is 1.22. The van der Waals surface area contributed by atoms with Crippen LogP contribution in [0.25, 0.3) is 5.76 Å². The van der Waals surface area contributed by atoms with E-state index in [9.17, 15) is 14.7 Å². The number of nitrogens with zero attached hydrogens (tertiary/aromatic N) is 1. The van der Waals surface area contributed by atoms with E-state index < -0.39 is 17.7 Å². The number of methoxy groups -OCH3 is 1. The first-order chi connectivity index (χ1) is 14.1. The molecule has 6 heteroatoms. The number of aliphatic hydroxyl groups excluding tert-OH is 1. The van der Waals surface area contributed by atoms with Gasteiger partial charge in [-0.15, -0.1) is 0 Å². The lowest BCUT2D eigenvalue weighted by molar-refractivity contribution is -0.140. The lowest BCUT2D eigenvalue weighted by Gasteiger charge is -2.24. The van der Waals surface area contributed by atoms with E-state index >= 15 is 0 Å². The number of carbonyl (C=O) groups excluding carboxylic acids is 2. The number of hydrogen-bond donors (Lipinski definition) is 1. The molecule has 1 fully saturated rings. The fourth-order valence-electron chi connectivity index (χ4n) is 3.50. The van der Waals surface area contributed by atoms with Gasteiger partial charge in [0.25, 0.3) is 11.7 Å². The maximum Gasteiger partial charge on any atom is 0.296 e. The summed E-state index contributed by atoms with van der Waals surface area (Å²) in [6, 6.07) is 18.5. The Labute approximate surface area is 167 Å². The van der Waals surface area contributed by atoms with Crippen LogP contribution in [0.4, 0.5) is 0 Å². The number of ether oxygens (including phenoxy) is 1. The monoisotopic (exact) mass is 389 g/mol. The van der Waals surface area contributed by atoms with Gasteiger partial charge in [0.1, 0.15) is 17.3 Å². The van der Waals surface area contributed by atoms with Gasteiger partial charge in [0.15, 0.2) is 0 Å². The van der Waals surface area contributed by atoms with E-state index in [-0.39, 0.29) is 17.9 Å². The number of aliphatic hydroxyl groups is 1. The van der Waals surface area contributed by atoms with Crippen molar-refractivity contribution in [3.63, 3.8) is 0 Å². The van der Waals surface area contributed by atoms with Crippen LogP contribution in [-0.2, 0) is 16.1 Å². The van der Waals surface area contributed by atoms with Crippen LogP contribution in [0.1, 0.15) is 22.9 Å². The zero-order valence-electron chi connectivity index (χ0n) is 15.7. The van der Waals surface area contributed by atoms with Gasteiger partial charge >= 0.3 is 0 Å². The first-order valence-electron chi connectivity index (χ1n) is 9.10. The normalized spacial score (nSPS) is 18.2. The Bertz CT molecular complexity index is 1050. The summed E-state index contributed by atoms with van der Waals surface area (Å²) in [7, 11) is 1.56. The van der Waals surface area contributed by atoms with Crippen LogP contribution in [-0.4, -0.2) is 28.8 Å². The summed E-state index contributed by atoms with van der Waals surface area (Å²) >= 11 is 0. The number of carbonyl (C=O) groups is 2. The predicted octanol–water partition coefficient (Wildman–Crippen LogP) is 3.91. The van der Waals surface area contributed by atoms with E-state index in [1.54, 1.807) is 67.8 Å². The summed E-state index contributed by atoms with van der Waals surface area (Å²) in [6.07, 6.45) is 1.51. The molecule has 1 amide bonds. The van der Waals surface area contributed by atoms with Crippen LogP contribution < -0.4 is 4.74 Å². The second-order valence-electron chi connectivity index (χ2n) is 6.65. The molecule has 0 aliphatic carbocycles. The number of hydrogen-bond acceptors (Lipinski definition) is 5. The Hall–Kier alpha value is -3.80. The van der Waals surface area contributed by atoms with E-state index in [4.69, 9.17) is 9.15 Å². The molecule has 1 saturated heterocycles. The van der Waals surface area contributed by atoms with Crippen molar-refractivity contribution in [2.75, 3.05) is 7.11 Å². The third-order valence-corrected chi connectivity index (χ3v) is 4.93. The average molecular weight is 389 g/mol. The molecular formula is C23H19NO5. The van der Waals surface area contributed by atoms with Crippen molar-refractivity contribution in [3.8, 4) is 5.75 Å². The van der Waals surface area contributed by atoms with Crippen molar-refractivity contribution >= 4 is 17.4 Å². The zero-order valence-corrected chi connectivity index (χ0v) is 15.7. The molecule has 0 saturated carbocycles. The molecule has 1 aliphatic heterocycles. The van der Waals surface area contributed by atoms with Gasteiger partial charge in [-0.25, -0.2) is 0 Å². The molecule has 4 rings (SSSR count). The summed E-state index contributed by atoms with van der Waals surface area (Å²) in [4.78, 5) is 27.2. The zero-order chi connectivity index (χ0) is 20.4. The van der Waals surface area contributed by atoms with Crippen LogP contribution in [0.3, 0.4) is 0 Å². The van der Waals surface area contributed by atoms with Crippen LogP contribution in [0, 0.1) is 0 Å². The molecular weight excluding hydrogens is 370 g/mol. The number of Topliss-reactive ketones (excluding diaryl/α,β-unsaturated/α-hetero) is 1. The molecule has 0 unspecified atom stereocenters. The fraction of sp³-hybridized carbons (Fsp3) is 0.130. The largest absolute Gasteiger partial charge is 0.507 e. The quantitative estimate of drug-likeness (QED) is 0.407. The van der Waals surface area contributed by atoms with Gasteiger partial charge in [0.2, 0.25) is 0 Å². The maximum atomic E-state index is 12.9. The smallest absolute Gasteiger partial charge is 0.296 e. The number of rotatable bonds is 5. The number of likely N-dealkylation sites (tertiary alicyclic amines) is 1. The lowest BCUT2D eigenvalue weighted by Crippen LogP contribution is -2.29. The molecule has 0 spiro atoms. The molecule has 0 bridgehead atoms. The highest BCUT2D eigenvalue weighted by atomic mass is 16.5. The first-order valence-corrected chi connectivity index (χ1v) is 9.10. The van der Waals surface area contributed by atoms with Gasteiger partial charge in [-0.1, -0.05) is 42.5 Å². The average Bonchev–Trinajstić information content (AvgIpc) is 3.36. The van der Waals surface area contributed by atoms with Gasteiger partial charge in [0.05, 0.1) is 31.5 Å². The third-order valence-electron chi connectivity index (χ3n) is 4.93. The fourth-order valence-corrected chi connectivity index (χ4v) is 3.50. The Morgan fingerprint density at radius 3 is 2.38 bits per heavy atom. The molecule has 6 nitrogen and oxygen atoms in total. The highest BCUT2D eigenvalue weighted by Crippen LogP contribution is 2.40. The van der Waals surface area contributed by atoms with E-state index in [0.717, 1.165) is 0 Å². The standard InChI is InChI=1S/C23H19NO5/c1-28-17-11-9-15(10-12-17)20-19(21(25)16-6-3-2-4-7-16)22(26)23(27)24(20)14-18-8-5-13-29-18/h2-13,20,25H,14H2,1H3/t20-/m1/s1. The molecule has 1 aromatic heterocycles. The van der Waals surface area contributed by atoms with E-state index in [2.05, 4.69) is 0 Å². The minimum Gasteiger partial charge on any atom is -0.507 e. The van der Waals surface area contributed by atoms with Gasteiger partial charge in [0, 0.05) is 5.56 Å². The molecule has 3 aromatic rings. The highest BCUT2D eigenvalue weighted by Gasteiger charge is 2.46. The molecule has 1 aliphatic rings. The Balaban J connectivity index is 1.85. The maximum absolute atomic E-state index is 12.9. The Morgan fingerprint density at radius 2 is 1.76 bits per heavy atom. The van der Waals surface area contributed by atoms with Crippen LogP contribution in [0.15, 0.2) is 83.0 Å². The predicted molar refractivity (Wildman–Crippen MR) is 106 cm³/mol. The minimum absolute atomic E-state index is 0.0536. The topological polar surface area (TPSA) is 80.0 Å². The van der Waals surface area contributed by atoms with Gasteiger partial charge in [-0.05, 0) is 29.8 Å². The summed E-state index contributed by atoms with van der Waals surface area (Å²) in [5, 5.41) is 10.9. The van der Waals surface area contributed by atoms with Gasteiger partial charge < -0.3 is 19.2 Å². The number of ketones is 1. The Morgan fingerprint density at radius 1 is 1.03 bits per heavy atom. The SMILES string of the molecule is COc1ccc([C@@H]2C(=C(O)c3ccccc3)C(=O)C(=O)N2Cc2ccco2)cc1.